The normalized spacial score (nSPS) is 18.0. The molecule has 31 heavy (non-hydrogen) atoms. The van der Waals surface area contributed by atoms with Gasteiger partial charge in [-0.15, -0.1) is 0 Å². The van der Waals surface area contributed by atoms with E-state index in [1.54, 1.807) is 36.4 Å². The molecule has 7 nitrogen and oxygen atoms in total. The number of anilines is 1. The molecule has 1 amide bonds. The summed E-state index contributed by atoms with van der Waals surface area (Å²) in [7, 11) is -3.60. The lowest BCUT2D eigenvalue weighted by Gasteiger charge is -2.35. The molecule has 0 bridgehead atoms. The van der Waals surface area contributed by atoms with Gasteiger partial charge < -0.3 is 0 Å². The first kappa shape index (κ1) is 19.9. The summed E-state index contributed by atoms with van der Waals surface area (Å²) in [4.78, 5) is 28.3. The van der Waals surface area contributed by atoms with E-state index in [1.165, 1.54) is 9.21 Å². The number of sulfonamides is 1. The molecule has 5 rings (SSSR count). The van der Waals surface area contributed by atoms with Gasteiger partial charge in [-0.25, -0.2) is 8.42 Å². The van der Waals surface area contributed by atoms with Crippen LogP contribution in [-0.4, -0.2) is 62.2 Å². The number of benzene rings is 3. The van der Waals surface area contributed by atoms with E-state index in [-0.39, 0.29) is 11.6 Å². The van der Waals surface area contributed by atoms with Gasteiger partial charge in [-0.3, -0.25) is 19.4 Å². The molecule has 0 saturated carbocycles. The van der Waals surface area contributed by atoms with Crippen LogP contribution < -0.4 is 4.90 Å². The maximum atomic E-state index is 13.1. The van der Waals surface area contributed by atoms with E-state index in [2.05, 4.69) is 0 Å². The number of hydrogen-bond donors (Lipinski definition) is 0. The second-order valence-corrected chi connectivity index (χ2v) is 9.69. The summed E-state index contributed by atoms with van der Waals surface area (Å²) in [6.07, 6.45) is 0. The highest BCUT2D eigenvalue weighted by Crippen LogP contribution is 2.29. The van der Waals surface area contributed by atoms with Crippen molar-refractivity contribution in [2.24, 2.45) is 0 Å². The van der Waals surface area contributed by atoms with E-state index in [9.17, 15) is 18.0 Å². The summed E-state index contributed by atoms with van der Waals surface area (Å²) in [5.74, 6) is -1.03. The standard InChI is InChI=1S/C23H21N3O4S/c27-22-20-7-3-4-8-21(20)26(23(22)28)16-24-11-13-25(14-12-24)31(29,30)19-10-9-17-5-1-2-6-18(17)15-19/h1-10,15H,11-14,16H2. The van der Waals surface area contributed by atoms with Gasteiger partial charge in [-0.05, 0) is 35.0 Å². The summed E-state index contributed by atoms with van der Waals surface area (Å²) in [6.45, 7) is 1.88. The minimum atomic E-state index is -3.60. The smallest absolute Gasteiger partial charge is 0.291 e. The molecular weight excluding hydrogens is 414 g/mol. The van der Waals surface area contributed by atoms with Gasteiger partial charge in [0.1, 0.15) is 0 Å². The van der Waals surface area contributed by atoms with Crippen LogP contribution in [0, 0.1) is 0 Å². The van der Waals surface area contributed by atoms with Crippen LogP contribution in [0.1, 0.15) is 10.4 Å². The van der Waals surface area contributed by atoms with Crippen LogP contribution in [0.5, 0.6) is 0 Å². The Kier molecular flexibility index (Phi) is 4.85. The van der Waals surface area contributed by atoms with Crippen LogP contribution in [0.2, 0.25) is 0 Å². The summed E-state index contributed by atoms with van der Waals surface area (Å²) in [6, 6.07) is 19.8. The summed E-state index contributed by atoms with van der Waals surface area (Å²) < 4.78 is 27.8. The molecule has 0 atom stereocenters. The molecule has 1 fully saturated rings. The lowest BCUT2D eigenvalue weighted by Crippen LogP contribution is -2.52. The summed E-state index contributed by atoms with van der Waals surface area (Å²) >= 11 is 0. The van der Waals surface area contributed by atoms with E-state index < -0.39 is 21.7 Å². The number of piperazine rings is 1. The largest absolute Gasteiger partial charge is 0.300 e. The number of fused-ring (bicyclic) bond motifs is 2. The Morgan fingerprint density at radius 1 is 0.774 bits per heavy atom. The predicted molar refractivity (Wildman–Crippen MR) is 117 cm³/mol. The van der Waals surface area contributed by atoms with Gasteiger partial charge >= 0.3 is 5.91 Å². The lowest BCUT2D eigenvalue weighted by atomic mass is 10.1. The Morgan fingerprint density at radius 3 is 2.23 bits per heavy atom. The number of nitrogens with zero attached hydrogens (tertiary/aromatic N) is 3. The molecule has 3 aromatic rings. The molecule has 1 saturated heterocycles. The first-order valence-electron chi connectivity index (χ1n) is 10.1. The molecule has 3 aromatic carbocycles. The maximum Gasteiger partial charge on any atom is 0.300 e. The molecule has 0 N–H and O–H groups in total. The van der Waals surface area contributed by atoms with E-state index in [0.717, 1.165) is 10.8 Å². The highest BCUT2D eigenvalue weighted by molar-refractivity contribution is 7.89. The number of carbonyl (C=O) groups excluding carboxylic acids is 2. The molecular formula is C23H21N3O4S. The van der Waals surface area contributed by atoms with Gasteiger partial charge in [0.05, 0.1) is 22.8 Å². The Labute approximate surface area is 180 Å². The topological polar surface area (TPSA) is 78.0 Å². The van der Waals surface area contributed by atoms with Crippen molar-refractivity contribution in [2.45, 2.75) is 4.90 Å². The average Bonchev–Trinajstić information content (AvgIpc) is 3.04. The maximum absolute atomic E-state index is 13.1. The summed E-state index contributed by atoms with van der Waals surface area (Å²) in [5, 5.41) is 1.88. The number of hydrogen-bond acceptors (Lipinski definition) is 5. The molecule has 0 aliphatic carbocycles. The minimum Gasteiger partial charge on any atom is -0.291 e. The first-order valence-corrected chi connectivity index (χ1v) is 11.6. The van der Waals surface area contributed by atoms with Gasteiger partial charge in [0, 0.05) is 26.2 Å². The van der Waals surface area contributed by atoms with Gasteiger partial charge in [-0.2, -0.15) is 4.31 Å². The number of rotatable bonds is 4. The molecule has 0 spiro atoms. The summed E-state index contributed by atoms with van der Waals surface area (Å²) in [5.41, 5.74) is 1.04. The van der Waals surface area contributed by atoms with E-state index >= 15 is 0 Å². The zero-order valence-corrected chi connectivity index (χ0v) is 17.6. The molecule has 8 heteroatoms. The number of carbonyl (C=O) groups is 2. The van der Waals surface area contributed by atoms with E-state index in [0.29, 0.717) is 37.4 Å². The van der Waals surface area contributed by atoms with Crippen molar-refractivity contribution < 1.29 is 18.0 Å². The van der Waals surface area contributed by atoms with Crippen molar-refractivity contribution in [1.29, 1.82) is 0 Å². The van der Waals surface area contributed by atoms with Crippen LogP contribution in [0.3, 0.4) is 0 Å². The van der Waals surface area contributed by atoms with Crippen molar-refractivity contribution in [1.82, 2.24) is 9.21 Å². The fourth-order valence-corrected chi connectivity index (χ4v) is 5.63. The third-order valence-corrected chi connectivity index (χ3v) is 7.80. The van der Waals surface area contributed by atoms with Crippen molar-refractivity contribution in [3.63, 3.8) is 0 Å². The van der Waals surface area contributed by atoms with Gasteiger partial charge in [0.15, 0.2) is 0 Å². The van der Waals surface area contributed by atoms with Gasteiger partial charge in [-0.1, -0.05) is 42.5 Å². The van der Waals surface area contributed by atoms with Crippen LogP contribution >= 0.6 is 0 Å². The molecule has 2 heterocycles. The monoisotopic (exact) mass is 435 g/mol. The van der Waals surface area contributed by atoms with Crippen LogP contribution in [-0.2, 0) is 14.8 Å². The minimum absolute atomic E-state index is 0.269. The third-order valence-electron chi connectivity index (χ3n) is 5.91. The fraction of sp³-hybridized carbons (Fsp3) is 0.217. The number of Topliss-reactive ketones (excluding diaryl/α,β-unsaturated/α-hetero) is 1. The second kappa shape index (κ2) is 7.56. The quantitative estimate of drug-likeness (QED) is 0.588. The van der Waals surface area contributed by atoms with Crippen LogP contribution in [0.25, 0.3) is 10.8 Å². The molecule has 0 radical (unpaired) electrons. The van der Waals surface area contributed by atoms with E-state index in [4.69, 9.17) is 0 Å². The Bertz CT molecular complexity index is 1300. The second-order valence-electron chi connectivity index (χ2n) is 7.75. The number of amides is 1. The average molecular weight is 436 g/mol. The van der Waals surface area contributed by atoms with E-state index in [1.807, 2.05) is 35.2 Å². The van der Waals surface area contributed by atoms with Crippen LogP contribution in [0.15, 0.2) is 71.6 Å². The van der Waals surface area contributed by atoms with Crippen molar-refractivity contribution in [3.8, 4) is 0 Å². The Hall–Kier alpha value is -3.07. The third kappa shape index (κ3) is 3.42. The SMILES string of the molecule is O=C1C(=O)N(CN2CCN(S(=O)(=O)c3ccc4ccccc4c3)CC2)c2ccccc21. The predicted octanol–water partition coefficient (Wildman–Crippen LogP) is 2.33. The highest BCUT2D eigenvalue weighted by atomic mass is 32.2. The van der Waals surface area contributed by atoms with Gasteiger partial charge in [0.25, 0.3) is 5.78 Å². The fourth-order valence-electron chi connectivity index (χ4n) is 4.18. The Morgan fingerprint density at radius 2 is 1.45 bits per heavy atom. The van der Waals surface area contributed by atoms with Crippen molar-refractivity contribution in [2.75, 3.05) is 37.7 Å². The molecule has 158 valence electrons. The lowest BCUT2D eigenvalue weighted by molar-refractivity contribution is -0.114. The molecule has 0 unspecified atom stereocenters. The molecule has 0 aromatic heterocycles. The highest BCUT2D eigenvalue weighted by Gasteiger charge is 2.37. The zero-order valence-electron chi connectivity index (χ0n) is 16.8. The molecule has 2 aliphatic heterocycles. The Balaban J connectivity index is 1.29. The number of ketones is 1. The zero-order chi connectivity index (χ0) is 21.6. The van der Waals surface area contributed by atoms with Crippen molar-refractivity contribution in [3.05, 3.63) is 72.3 Å². The van der Waals surface area contributed by atoms with Crippen LogP contribution in [0.4, 0.5) is 5.69 Å². The van der Waals surface area contributed by atoms with Gasteiger partial charge in [0.2, 0.25) is 10.0 Å². The van der Waals surface area contributed by atoms with Crippen molar-refractivity contribution >= 4 is 38.2 Å². The molecule has 2 aliphatic rings. The number of para-hydroxylation sites is 1. The first-order chi connectivity index (χ1) is 14.9.